The number of hydrogen-bond donors (Lipinski definition) is 2. The van der Waals surface area contributed by atoms with Gasteiger partial charge < -0.3 is 15.4 Å². The van der Waals surface area contributed by atoms with Crippen LogP contribution in [0.5, 0.6) is 5.88 Å². The SMILES string of the molecule is Cc1cc(C(C)NC(=O)c2cnc(OCC(F)(F)F)c(C)n2)cc(NC(=O)C(C)C)n1. The van der Waals surface area contributed by atoms with E-state index >= 15 is 0 Å². The Bertz CT molecular complexity index is 964. The Hall–Kier alpha value is -3.24. The second kappa shape index (κ2) is 9.71. The summed E-state index contributed by atoms with van der Waals surface area (Å²) in [6.07, 6.45) is -3.46. The predicted octanol–water partition coefficient (Wildman–Crippen LogP) is 3.52. The van der Waals surface area contributed by atoms with Crippen LogP contribution in [-0.2, 0) is 4.79 Å². The average molecular weight is 439 g/mol. The van der Waals surface area contributed by atoms with Gasteiger partial charge in [0.15, 0.2) is 6.61 Å². The molecule has 0 saturated carbocycles. The third-order valence-electron chi connectivity index (χ3n) is 4.11. The molecular weight excluding hydrogens is 415 g/mol. The van der Waals surface area contributed by atoms with E-state index in [0.29, 0.717) is 17.1 Å². The number of nitrogens with zero attached hydrogens (tertiary/aromatic N) is 3. The van der Waals surface area contributed by atoms with Crippen molar-refractivity contribution in [2.75, 3.05) is 11.9 Å². The third kappa shape index (κ3) is 7.19. The lowest BCUT2D eigenvalue weighted by Crippen LogP contribution is -2.28. The van der Waals surface area contributed by atoms with Crippen molar-refractivity contribution in [3.63, 3.8) is 0 Å². The normalized spacial score (nSPS) is 12.4. The van der Waals surface area contributed by atoms with Crippen molar-refractivity contribution in [2.24, 2.45) is 5.92 Å². The first-order valence-corrected chi connectivity index (χ1v) is 9.49. The lowest BCUT2D eigenvalue weighted by Gasteiger charge is -2.17. The van der Waals surface area contributed by atoms with Crippen LogP contribution < -0.4 is 15.4 Å². The van der Waals surface area contributed by atoms with Crippen LogP contribution in [0.2, 0.25) is 0 Å². The molecule has 1 unspecified atom stereocenters. The number of aryl methyl sites for hydroxylation is 2. The summed E-state index contributed by atoms with van der Waals surface area (Å²) in [7, 11) is 0. The summed E-state index contributed by atoms with van der Waals surface area (Å²) in [5.41, 5.74) is 1.35. The highest BCUT2D eigenvalue weighted by atomic mass is 19.4. The number of nitrogens with one attached hydrogen (secondary N) is 2. The van der Waals surface area contributed by atoms with Crippen molar-refractivity contribution in [2.45, 2.75) is 46.8 Å². The minimum Gasteiger partial charge on any atom is -0.467 e. The number of carbonyl (C=O) groups excluding carboxylic acids is 2. The lowest BCUT2D eigenvalue weighted by molar-refractivity contribution is -0.154. The molecule has 0 spiro atoms. The standard InChI is InChI=1S/C20H24F3N5O3/c1-10(2)17(29)28-16-7-14(6-11(3)25-16)12(4)27-18(30)15-8-24-19(13(5)26-15)31-9-20(21,22)23/h6-8,10,12H,9H2,1-5H3,(H,27,30)(H,25,28,29). The molecular formula is C20H24F3N5O3. The average Bonchev–Trinajstić information content (AvgIpc) is 2.65. The Kier molecular flexibility index (Phi) is 7.53. The largest absolute Gasteiger partial charge is 0.467 e. The Morgan fingerprint density at radius 2 is 1.81 bits per heavy atom. The number of rotatable bonds is 7. The monoisotopic (exact) mass is 439 g/mol. The van der Waals surface area contributed by atoms with Crippen molar-refractivity contribution in [1.29, 1.82) is 0 Å². The summed E-state index contributed by atoms with van der Waals surface area (Å²) in [6, 6.07) is 2.96. The van der Waals surface area contributed by atoms with E-state index in [4.69, 9.17) is 0 Å². The first-order chi connectivity index (χ1) is 14.4. The summed E-state index contributed by atoms with van der Waals surface area (Å²) < 4.78 is 41.4. The number of amides is 2. The van der Waals surface area contributed by atoms with Gasteiger partial charge in [-0.2, -0.15) is 13.2 Å². The van der Waals surface area contributed by atoms with Crippen LogP contribution in [0.1, 0.15) is 54.3 Å². The molecule has 2 aromatic rings. The molecule has 2 amide bonds. The number of aromatic nitrogens is 3. The number of carbonyl (C=O) groups is 2. The second-order valence-electron chi connectivity index (χ2n) is 7.32. The summed E-state index contributed by atoms with van der Waals surface area (Å²) >= 11 is 0. The number of ether oxygens (including phenoxy) is 1. The van der Waals surface area contributed by atoms with Crippen LogP contribution in [-0.4, -0.2) is 39.5 Å². The molecule has 0 aliphatic rings. The van der Waals surface area contributed by atoms with Gasteiger partial charge in [0.2, 0.25) is 11.8 Å². The fourth-order valence-corrected chi connectivity index (χ4v) is 2.51. The smallest absolute Gasteiger partial charge is 0.422 e. The van der Waals surface area contributed by atoms with Crippen molar-refractivity contribution in [1.82, 2.24) is 20.3 Å². The molecule has 2 rings (SSSR count). The van der Waals surface area contributed by atoms with E-state index in [9.17, 15) is 22.8 Å². The van der Waals surface area contributed by atoms with Crippen LogP contribution in [0.4, 0.5) is 19.0 Å². The Morgan fingerprint density at radius 1 is 1.13 bits per heavy atom. The van der Waals surface area contributed by atoms with E-state index in [-0.39, 0.29) is 29.1 Å². The highest BCUT2D eigenvalue weighted by molar-refractivity contribution is 5.92. The van der Waals surface area contributed by atoms with Gasteiger partial charge in [0.05, 0.1) is 12.2 Å². The molecule has 31 heavy (non-hydrogen) atoms. The lowest BCUT2D eigenvalue weighted by atomic mass is 10.1. The van der Waals surface area contributed by atoms with Crippen LogP contribution >= 0.6 is 0 Å². The number of hydrogen-bond acceptors (Lipinski definition) is 6. The Balaban J connectivity index is 2.11. The fraction of sp³-hybridized carbons (Fsp3) is 0.450. The molecule has 0 aliphatic heterocycles. The van der Waals surface area contributed by atoms with Crippen molar-refractivity contribution in [3.05, 3.63) is 41.0 Å². The topological polar surface area (TPSA) is 106 Å². The van der Waals surface area contributed by atoms with E-state index in [1.165, 1.54) is 6.92 Å². The van der Waals surface area contributed by atoms with Gasteiger partial charge in [0.25, 0.3) is 5.91 Å². The first kappa shape index (κ1) is 24.0. The zero-order chi connectivity index (χ0) is 23.3. The van der Waals surface area contributed by atoms with Crippen LogP contribution in [0.3, 0.4) is 0 Å². The predicted molar refractivity (Wildman–Crippen MR) is 107 cm³/mol. The minimum atomic E-state index is -4.50. The molecule has 2 heterocycles. The van der Waals surface area contributed by atoms with Gasteiger partial charge in [0, 0.05) is 11.6 Å². The molecule has 168 valence electrons. The van der Waals surface area contributed by atoms with Gasteiger partial charge >= 0.3 is 6.18 Å². The van der Waals surface area contributed by atoms with Crippen molar-refractivity contribution < 1.29 is 27.5 Å². The highest BCUT2D eigenvalue weighted by Gasteiger charge is 2.29. The molecule has 2 aromatic heterocycles. The Morgan fingerprint density at radius 3 is 2.39 bits per heavy atom. The van der Waals surface area contributed by atoms with Crippen molar-refractivity contribution in [3.8, 4) is 5.88 Å². The zero-order valence-electron chi connectivity index (χ0n) is 17.8. The van der Waals surface area contributed by atoms with Gasteiger partial charge in [-0.3, -0.25) is 9.59 Å². The van der Waals surface area contributed by atoms with Crippen LogP contribution in [0.15, 0.2) is 18.3 Å². The first-order valence-electron chi connectivity index (χ1n) is 9.49. The second-order valence-corrected chi connectivity index (χ2v) is 7.32. The van der Waals surface area contributed by atoms with Gasteiger partial charge in [-0.1, -0.05) is 13.8 Å². The quantitative estimate of drug-likeness (QED) is 0.684. The van der Waals surface area contributed by atoms with Crippen molar-refractivity contribution >= 4 is 17.6 Å². The van der Waals surface area contributed by atoms with Gasteiger partial charge in [-0.25, -0.2) is 15.0 Å². The zero-order valence-corrected chi connectivity index (χ0v) is 17.8. The summed E-state index contributed by atoms with van der Waals surface area (Å²) in [6.45, 7) is 6.92. The van der Waals surface area contributed by atoms with E-state index < -0.39 is 24.7 Å². The van der Waals surface area contributed by atoms with Gasteiger partial charge in [-0.05, 0) is 38.5 Å². The molecule has 0 radical (unpaired) electrons. The minimum absolute atomic E-state index is 0.0583. The molecule has 11 heteroatoms. The molecule has 0 aromatic carbocycles. The van der Waals surface area contributed by atoms with Gasteiger partial charge in [-0.15, -0.1) is 0 Å². The molecule has 0 saturated heterocycles. The molecule has 8 nitrogen and oxygen atoms in total. The number of alkyl halides is 3. The summed E-state index contributed by atoms with van der Waals surface area (Å²) in [5.74, 6) is -0.881. The number of anilines is 1. The van der Waals surface area contributed by atoms with E-state index in [1.54, 1.807) is 39.8 Å². The fourth-order valence-electron chi connectivity index (χ4n) is 2.51. The van der Waals surface area contributed by atoms with Crippen LogP contribution in [0, 0.1) is 19.8 Å². The van der Waals surface area contributed by atoms with Crippen LogP contribution in [0.25, 0.3) is 0 Å². The maximum Gasteiger partial charge on any atom is 0.422 e. The molecule has 0 fully saturated rings. The highest BCUT2D eigenvalue weighted by Crippen LogP contribution is 2.20. The maximum absolute atomic E-state index is 12.5. The molecule has 0 aliphatic carbocycles. The van der Waals surface area contributed by atoms with E-state index in [1.807, 2.05) is 0 Å². The molecule has 1 atom stereocenters. The van der Waals surface area contributed by atoms with E-state index in [2.05, 4.69) is 30.3 Å². The summed E-state index contributed by atoms with van der Waals surface area (Å²) in [5, 5.41) is 5.46. The molecule has 0 bridgehead atoms. The molecule has 2 N–H and O–H groups in total. The third-order valence-corrected chi connectivity index (χ3v) is 4.11. The summed E-state index contributed by atoms with van der Waals surface area (Å²) in [4.78, 5) is 36.5. The number of pyridine rings is 1. The Labute approximate surface area is 177 Å². The number of halogens is 3. The van der Waals surface area contributed by atoms with Gasteiger partial charge in [0.1, 0.15) is 17.2 Å². The maximum atomic E-state index is 12.5. The van der Waals surface area contributed by atoms with E-state index in [0.717, 1.165) is 6.20 Å².